The summed E-state index contributed by atoms with van der Waals surface area (Å²) in [6.45, 7) is -0.329. The lowest BCUT2D eigenvalue weighted by Crippen LogP contribution is -2.57. The Labute approximate surface area is 482 Å². The molecule has 6 amide bonds. The van der Waals surface area contributed by atoms with E-state index >= 15 is 0 Å². The van der Waals surface area contributed by atoms with Crippen molar-refractivity contribution in [1.82, 2.24) is 37.2 Å². The fourth-order valence-corrected chi connectivity index (χ4v) is 8.94. The molecule has 26 nitrogen and oxygen atoms in total. The lowest BCUT2D eigenvalue weighted by atomic mass is 9.90. The number of urea groups is 1. The third-order valence-electron chi connectivity index (χ3n) is 12.8. The van der Waals surface area contributed by atoms with Gasteiger partial charge in [0.05, 0.1) is 5.56 Å². The predicted molar refractivity (Wildman–Crippen MR) is 304 cm³/mol. The topological polar surface area (TPSA) is 419 Å². The molecule has 440 valence electrons. The number of carbonyl (C=O) groups is 10. The van der Waals surface area contributed by atoms with Crippen molar-refractivity contribution >= 4 is 93.5 Å². The van der Waals surface area contributed by atoms with Gasteiger partial charge in [-0.05, 0) is 84.6 Å². The molecule has 14 N–H and O–H groups in total. The highest BCUT2D eigenvalue weighted by Crippen LogP contribution is 2.42. The number of carbonyl (C=O) groups excluding carboxylic acids is 5. The molecule has 1 aliphatic carbocycles. The monoisotopic (exact) mass is 1170 g/mol. The molecule has 0 saturated heterocycles. The van der Waals surface area contributed by atoms with Gasteiger partial charge in [0.1, 0.15) is 47.3 Å². The summed E-state index contributed by atoms with van der Waals surface area (Å²) in [5.74, 6) is -10.2. The van der Waals surface area contributed by atoms with Gasteiger partial charge in [-0.15, -0.1) is 0 Å². The van der Waals surface area contributed by atoms with Gasteiger partial charge in [-0.25, -0.2) is 24.0 Å². The Balaban J connectivity index is 1.08. The van der Waals surface area contributed by atoms with Crippen molar-refractivity contribution < 1.29 is 83.0 Å². The maximum Gasteiger partial charge on any atom is 0.336 e. The van der Waals surface area contributed by atoms with E-state index in [-0.39, 0.29) is 70.4 Å². The molecule has 2 aliphatic rings. The Morgan fingerprint density at radius 2 is 1.02 bits per heavy atom. The third-order valence-corrected chi connectivity index (χ3v) is 13.1. The first-order chi connectivity index (χ1) is 40.0. The van der Waals surface area contributed by atoms with Gasteiger partial charge < -0.3 is 77.6 Å². The molecule has 1 aliphatic heterocycles. The number of thiocarbonyl (C=S) groups is 1. The number of hydrogen-bond acceptors (Lipinski definition) is 14. The second-order valence-corrected chi connectivity index (χ2v) is 19.4. The SMILES string of the molecule is O=C(O)CCC(NC(=O)NC(CCC(=O)NCCNC(=O)CC[C@@H](NC(=O)C(Cc1ccccc1)NC(=O)C(Cc1ccccc1)NC(=S)Nc1ccc(-c2c3ccc(=O)cc-3oc3cc(O)ccc23)c(C(=O)O)c1)C(=O)O)C(=O)O)C(=O)O. The molecule has 6 rings (SSSR count). The number of carboxylic acids is 5. The Morgan fingerprint density at radius 3 is 1.55 bits per heavy atom. The number of phenolic OH excluding ortho intramolecular Hbond substituents is 1. The van der Waals surface area contributed by atoms with E-state index < -0.39 is 128 Å². The Morgan fingerprint density at radius 1 is 0.524 bits per heavy atom. The minimum Gasteiger partial charge on any atom is -0.508 e. The van der Waals surface area contributed by atoms with Crippen molar-refractivity contribution in [2.24, 2.45) is 0 Å². The summed E-state index contributed by atoms with van der Waals surface area (Å²) in [4.78, 5) is 138. The van der Waals surface area contributed by atoms with E-state index in [1.54, 1.807) is 72.8 Å². The maximum absolute atomic E-state index is 14.4. The van der Waals surface area contributed by atoms with Crippen LogP contribution in [-0.2, 0) is 51.2 Å². The summed E-state index contributed by atoms with van der Waals surface area (Å²) in [6, 6.07) is 21.3. The van der Waals surface area contributed by atoms with Gasteiger partial charge in [-0.3, -0.25) is 28.8 Å². The minimum absolute atomic E-state index is 0.00440. The van der Waals surface area contributed by atoms with Crippen LogP contribution in [0.15, 0.2) is 124 Å². The van der Waals surface area contributed by atoms with Crippen molar-refractivity contribution in [1.29, 1.82) is 0 Å². The van der Waals surface area contributed by atoms with Crippen LogP contribution in [0.25, 0.3) is 33.4 Å². The van der Waals surface area contributed by atoms with Gasteiger partial charge in [0.2, 0.25) is 23.6 Å². The number of aromatic hydroxyl groups is 1. The average Bonchev–Trinajstić information content (AvgIpc) is 3.50. The van der Waals surface area contributed by atoms with Gasteiger partial charge in [0, 0.05) is 79.5 Å². The van der Waals surface area contributed by atoms with E-state index in [1.807, 2.05) is 10.6 Å². The normalized spacial score (nSPS) is 12.7. The predicted octanol–water partition coefficient (Wildman–Crippen LogP) is 3.03. The summed E-state index contributed by atoms with van der Waals surface area (Å²) in [5.41, 5.74) is 2.15. The molecule has 4 aromatic rings. The van der Waals surface area contributed by atoms with Crippen LogP contribution in [0.1, 0.15) is 60.0 Å². The second kappa shape index (κ2) is 29.9. The highest BCUT2D eigenvalue weighted by Gasteiger charge is 2.31. The molecule has 4 unspecified atom stereocenters. The van der Waals surface area contributed by atoms with Crippen molar-refractivity contribution in [3.63, 3.8) is 0 Å². The highest BCUT2D eigenvalue weighted by atomic mass is 32.1. The molecule has 0 saturated carbocycles. The molecule has 0 radical (unpaired) electrons. The van der Waals surface area contributed by atoms with Crippen LogP contribution >= 0.6 is 12.2 Å². The summed E-state index contributed by atoms with van der Waals surface area (Å²) in [6.07, 6.45) is -2.91. The van der Waals surface area contributed by atoms with Gasteiger partial charge in [-0.1, -0.05) is 66.7 Å². The van der Waals surface area contributed by atoms with Crippen LogP contribution in [-0.4, -0.2) is 139 Å². The smallest absolute Gasteiger partial charge is 0.336 e. The zero-order valence-corrected chi connectivity index (χ0v) is 45.2. The first kappa shape index (κ1) is 62.8. The first-order valence-corrected chi connectivity index (χ1v) is 26.3. The minimum atomic E-state index is -1.65. The Kier molecular flexibility index (Phi) is 22.3. The highest BCUT2D eigenvalue weighted by molar-refractivity contribution is 7.80. The molecular weight excluding hydrogens is 1120 g/mol. The van der Waals surface area contributed by atoms with E-state index in [4.69, 9.17) is 21.7 Å². The van der Waals surface area contributed by atoms with E-state index in [9.17, 15) is 78.3 Å². The lowest BCUT2D eigenvalue weighted by Gasteiger charge is -2.26. The van der Waals surface area contributed by atoms with E-state index in [0.29, 0.717) is 27.6 Å². The van der Waals surface area contributed by atoms with Gasteiger partial charge >= 0.3 is 35.9 Å². The zero-order chi connectivity index (χ0) is 61.0. The van der Waals surface area contributed by atoms with Gasteiger partial charge in [0.15, 0.2) is 10.5 Å². The number of nitrogens with one attached hydrogen (secondary N) is 8. The van der Waals surface area contributed by atoms with E-state index in [0.717, 1.165) is 0 Å². The maximum atomic E-state index is 14.4. The van der Waals surface area contributed by atoms with E-state index in [2.05, 4.69) is 31.9 Å². The molecule has 0 spiro atoms. The molecule has 5 atom stereocenters. The van der Waals surface area contributed by atoms with E-state index in [1.165, 1.54) is 42.5 Å². The number of phenols is 1. The van der Waals surface area contributed by atoms with Crippen LogP contribution in [0.4, 0.5) is 10.5 Å². The van der Waals surface area contributed by atoms with Crippen LogP contribution in [0.3, 0.4) is 0 Å². The quantitative estimate of drug-likeness (QED) is 0.0182. The molecule has 0 fully saturated rings. The molecule has 4 aromatic carbocycles. The lowest BCUT2D eigenvalue weighted by molar-refractivity contribution is -0.143. The Hall–Kier alpha value is -10.4. The summed E-state index contributed by atoms with van der Waals surface area (Å²) in [7, 11) is 0. The fourth-order valence-electron chi connectivity index (χ4n) is 8.68. The van der Waals surface area contributed by atoms with Crippen LogP contribution in [0.5, 0.6) is 5.75 Å². The number of aromatic carboxylic acids is 1. The third kappa shape index (κ3) is 18.6. The molecule has 0 bridgehead atoms. The molecule has 84 heavy (non-hydrogen) atoms. The number of rotatable bonds is 29. The number of aliphatic carboxylic acids is 4. The standard InChI is InChI=1S/C57H58N8O18S/c66-33-12-15-36-44(28-33)83-45-29-34(67)13-16-37(45)49(36)35-14-11-32(27-38(35)52(74)75)60-57(84)65-43(26-31-9-5-2-6-10-31)51(73)62-42(25-30-7-3-1-4-8-30)50(72)61-39(53(76)77)17-20-46(68)58-23-24-59-47(69)21-18-40(54(78)79)63-56(82)64-41(55(80)81)19-22-48(70)71/h1-16,27-29,39-43,66H,17-26H2,(H,58,68)(H,59,69)(H,61,72)(H,62,73)(H,70,71)(H,74,75)(H,76,77)(H,78,79)(H,80,81)(H2,60,65,84)(H2,63,64,82)/t39-,40?,41?,42?,43?/m1/s1. The first-order valence-electron chi connectivity index (χ1n) is 25.9. The largest absolute Gasteiger partial charge is 0.508 e. The molecular formula is C57H58N8O18S. The van der Waals surface area contributed by atoms with Crippen molar-refractivity contribution in [2.45, 2.75) is 81.6 Å². The Bertz CT molecular complexity index is 3470. The molecule has 27 heteroatoms. The number of carboxylic acid groups (broad SMARTS) is 5. The second-order valence-electron chi connectivity index (χ2n) is 19.0. The van der Waals surface area contributed by atoms with Gasteiger partial charge in [-0.2, -0.15) is 0 Å². The van der Waals surface area contributed by atoms with Crippen molar-refractivity contribution in [3.05, 3.63) is 142 Å². The number of amides is 6. The average molecular weight is 1180 g/mol. The number of fused-ring (bicyclic) bond motifs is 2. The fraction of sp³-hybridized carbons (Fsp3) is 0.263. The van der Waals surface area contributed by atoms with Crippen LogP contribution in [0, 0.1) is 0 Å². The van der Waals surface area contributed by atoms with Crippen molar-refractivity contribution in [3.8, 4) is 28.2 Å². The number of benzene rings is 5. The van der Waals surface area contributed by atoms with Gasteiger partial charge in [0.25, 0.3) is 0 Å². The zero-order valence-electron chi connectivity index (χ0n) is 44.4. The number of anilines is 1. The molecule has 0 aromatic heterocycles. The van der Waals surface area contributed by atoms with Crippen LogP contribution in [0.2, 0.25) is 0 Å². The summed E-state index contributed by atoms with van der Waals surface area (Å²) < 4.78 is 5.93. The summed E-state index contributed by atoms with van der Waals surface area (Å²) >= 11 is 5.68. The summed E-state index contributed by atoms with van der Waals surface area (Å²) in [5, 5.41) is 78.8. The van der Waals surface area contributed by atoms with Crippen LogP contribution < -0.4 is 48.0 Å². The molecule has 1 heterocycles. The van der Waals surface area contributed by atoms with Crippen molar-refractivity contribution in [2.75, 3.05) is 18.4 Å². The number of hydrogen-bond donors (Lipinski definition) is 14.